The molecule has 0 saturated heterocycles. The summed E-state index contributed by atoms with van der Waals surface area (Å²) in [6, 6.07) is 11.1. The minimum absolute atomic E-state index is 0.221. The molecule has 4 rings (SSSR count). The average Bonchev–Trinajstić information content (AvgIpc) is 3.49. The molecule has 0 spiro atoms. The maximum absolute atomic E-state index is 12.9. The van der Waals surface area contributed by atoms with Crippen molar-refractivity contribution in [2.24, 2.45) is 0 Å². The zero-order valence-electron chi connectivity index (χ0n) is 17.6. The van der Waals surface area contributed by atoms with Crippen molar-refractivity contribution in [3.8, 4) is 17.3 Å². The first kappa shape index (κ1) is 22.6. The highest BCUT2D eigenvalue weighted by Crippen LogP contribution is 2.28. The quantitative estimate of drug-likeness (QED) is 0.317. The zero-order valence-corrected chi connectivity index (χ0v) is 18.4. The van der Waals surface area contributed by atoms with E-state index >= 15 is 0 Å². The van der Waals surface area contributed by atoms with Gasteiger partial charge in [0.25, 0.3) is 5.91 Å². The fourth-order valence-corrected chi connectivity index (χ4v) is 3.75. The third kappa shape index (κ3) is 4.92. The van der Waals surface area contributed by atoms with E-state index in [1.807, 2.05) is 6.26 Å². The van der Waals surface area contributed by atoms with Crippen LogP contribution in [-0.2, 0) is 12.7 Å². The maximum atomic E-state index is 12.9. The first-order chi connectivity index (χ1) is 15.8. The normalized spacial score (nSPS) is 11.5. The zero-order chi connectivity index (χ0) is 23.6. The molecule has 11 heteroatoms. The molecule has 0 fully saturated rings. The molecule has 3 aromatic heterocycles. The Morgan fingerprint density at radius 3 is 2.52 bits per heavy atom. The van der Waals surface area contributed by atoms with E-state index in [1.54, 1.807) is 43.3 Å². The number of amides is 1. The van der Waals surface area contributed by atoms with Crippen molar-refractivity contribution in [3.63, 3.8) is 0 Å². The molecule has 0 saturated carbocycles. The summed E-state index contributed by atoms with van der Waals surface area (Å²) in [5, 5.41) is 6.92. The molecule has 0 bridgehead atoms. The van der Waals surface area contributed by atoms with Crippen LogP contribution in [0.15, 0.2) is 64.4 Å². The summed E-state index contributed by atoms with van der Waals surface area (Å²) in [4.78, 5) is 21.7. The van der Waals surface area contributed by atoms with Crippen LogP contribution in [0.25, 0.3) is 17.3 Å². The number of nitrogens with one attached hydrogen (secondary N) is 1. The molecule has 0 atom stereocenters. The third-order valence-electron chi connectivity index (χ3n) is 4.75. The number of rotatable bonds is 6. The molecular formula is C22H18F3N5O2S. The number of aryl methyl sites for hydroxylation is 1. The number of nitrogens with zero attached hydrogens (tertiary/aromatic N) is 4. The molecule has 7 nitrogen and oxygen atoms in total. The van der Waals surface area contributed by atoms with Gasteiger partial charge in [-0.3, -0.25) is 4.79 Å². The summed E-state index contributed by atoms with van der Waals surface area (Å²) in [6.45, 7) is 1.95. The Labute approximate surface area is 191 Å². The van der Waals surface area contributed by atoms with Gasteiger partial charge in [-0.25, -0.2) is 14.6 Å². The van der Waals surface area contributed by atoms with Crippen LogP contribution in [0.3, 0.4) is 0 Å². The second kappa shape index (κ2) is 9.10. The highest BCUT2D eigenvalue weighted by atomic mass is 32.2. The lowest BCUT2D eigenvalue weighted by molar-refractivity contribution is -0.141. The van der Waals surface area contributed by atoms with Crippen molar-refractivity contribution in [3.05, 3.63) is 77.4 Å². The van der Waals surface area contributed by atoms with E-state index < -0.39 is 11.9 Å². The van der Waals surface area contributed by atoms with Crippen molar-refractivity contribution in [1.29, 1.82) is 0 Å². The third-order valence-corrected chi connectivity index (χ3v) is 5.43. The predicted molar refractivity (Wildman–Crippen MR) is 116 cm³/mol. The first-order valence-corrected chi connectivity index (χ1v) is 11.0. The Morgan fingerprint density at radius 1 is 1.15 bits per heavy atom. The number of furan rings is 1. The molecule has 0 aliphatic heterocycles. The minimum Gasteiger partial charge on any atom is -0.461 e. The Morgan fingerprint density at radius 2 is 1.91 bits per heavy atom. The van der Waals surface area contributed by atoms with Crippen LogP contribution < -0.4 is 5.32 Å². The van der Waals surface area contributed by atoms with Gasteiger partial charge in [0.1, 0.15) is 5.03 Å². The van der Waals surface area contributed by atoms with Crippen molar-refractivity contribution in [2.45, 2.75) is 24.7 Å². The SMILES string of the molecule is CSc1nc(-c2ccco2)nc(C)c1C(=O)NCc1ccc(-n2ccc(C(F)(F)F)n2)cc1. The van der Waals surface area contributed by atoms with Gasteiger partial charge in [0.05, 0.1) is 23.2 Å². The van der Waals surface area contributed by atoms with E-state index in [0.29, 0.717) is 33.6 Å². The standard InChI is InChI=1S/C22H18F3N5O2S/c1-13-18(21(33-2)28-19(27-13)16-4-3-11-32-16)20(31)26-12-14-5-7-15(8-6-14)30-10-9-17(29-30)22(23,24)25/h3-11H,12H2,1-2H3,(H,26,31). The van der Waals surface area contributed by atoms with Crippen LogP contribution in [0.4, 0.5) is 13.2 Å². The van der Waals surface area contributed by atoms with Gasteiger partial charge < -0.3 is 9.73 Å². The van der Waals surface area contributed by atoms with E-state index in [1.165, 1.54) is 24.2 Å². The van der Waals surface area contributed by atoms with Gasteiger partial charge >= 0.3 is 6.18 Å². The molecule has 0 aliphatic rings. The fraction of sp³-hybridized carbons (Fsp3) is 0.182. The number of halogens is 3. The van der Waals surface area contributed by atoms with Gasteiger partial charge in [-0.05, 0) is 49.1 Å². The highest BCUT2D eigenvalue weighted by molar-refractivity contribution is 7.98. The number of aromatic nitrogens is 4. The monoisotopic (exact) mass is 473 g/mol. The summed E-state index contributed by atoms with van der Waals surface area (Å²) in [7, 11) is 0. The fourth-order valence-electron chi connectivity index (χ4n) is 3.13. The van der Waals surface area contributed by atoms with Gasteiger partial charge in [-0.1, -0.05) is 12.1 Å². The number of hydrogen-bond acceptors (Lipinski definition) is 6. The molecule has 4 aromatic rings. The van der Waals surface area contributed by atoms with Crippen LogP contribution in [0, 0.1) is 6.92 Å². The van der Waals surface area contributed by atoms with Crippen molar-refractivity contribution >= 4 is 17.7 Å². The van der Waals surface area contributed by atoms with Crippen molar-refractivity contribution in [1.82, 2.24) is 25.1 Å². The van der Waals surface area contributed by atoms with Crippen LogP contribution in [0.2, 0.25) is 0 Å². The van der Waals surface area contributed by atoms with Gasteiger partial charge in [-0.2, -0.15) is 18.3 Å². The summed E-state index contributed by atoms with van der Waals surface area (Å²) in [5.41, 5.74) is 1.19. The van der Waals surface area contributed by atoms with E-state index in [4.69, 9.17) is 4.42 Å². The molecule has 0 aliphatic carbocycles. The van der Waals surface area contributed by atoms with E-state index in [9.17, 15) is 18.0 Å². The van der Waals surface area contributed by atoms with Crippen molar-refractivity contribution < 1.29 is 22.4 Å². The Kier molecular flexibility index (Phi) is 6.23. The maximum Gasteiger partial charge on any atom is 0.435 e. The lowest BCUT2D eigenvalue weighted by Gasteiger charge is -2.12. The molecule has 1 amide bonds. The number of carbonyl (C=O) groups excluding carboxylic acids is 1. The van der Waals surface area contributed by atoms with Crippen LogP contribution >= 0.6 is 11.8 Å². The Bertz CT molecular complexity index is 1270. The van der Waals surface area contributed by atoms with Gasteiger partial charge in [0.15, 0.2) is 17.3 Å². The van der Waals surface area contributed by atoms with Crippen molar-refractivity contribution in [2.75, 3.05) is 6.26 Å². The van der Waals surface area contributed by atoms with E-state index in [2.05, 4.69) is 20.4 Å². The topological polar surface area (TPSA) is 85.8 Å². The number of alkyl halides is 3. The smallest absolute Gasteiger partial charge is 0.435 e. The molecule has 1 aromatic carbocycles. The minimum atomic E-state index is -4.50. The Hall–Kier alpha value is -3.60. The summed E-state index contributed by atoms with van der Waals surface area (Å²) in [6.07, 6.45) is 0.102. The predicted octanol–water partition coefficient (Wildman–Crippen LogP) is 4.90. The second-order valence-electron chi connectivity index (χ2n) is 6.99. The van der Waals surface area contributed by atoms with Crippen LogP contribution in [-0.4, -0.2) is 31.9 Å². The lowest BCUT2D eigenvalue weighted by atomic mass is 10.2. The van der Waals surface area contributed by atoms with Gasteiger partial charge in [0.2, 0.25) is 0 Å². The lowest BCUT2D eigenvalue weighted by Crippen LogP contribution is -2.25. The molecule has 1 N–H and O–H groups in total. The number of carbonyl (C=O) groups is 1. The largest absolute Gasteiger partial charge is 0.461 e. The summed E-state index contributed by atoms with van der Waals surface area (Å²) >= 11 is 1.33. The summed E-state index contributed by atoms with van der Waals surface area (Å²) < 4.78 is 44.7. The molecular weight excluding hydrogens is 455 g/mol. The average molecular weight is 473 g/mol. The first-order valence-electron chi connectivity index (χ1n) is 9.73. The highest BCUT2D eigenvalue weighted by Gasteiger charge is 2.33. The number of benzene rings is 1. The summed E-state index contributed by atoms with van der Waals surface area (Å²) in [5.74, 6) is 0.593. The Balaban J connectivity index is 1.46. The molecule has 170 valence electrons. The molecule has 0 radical (unpaired) electrons. The number of hydrogen-bond donors (Lipinski definition) is 1. The molecule has 33 heavy (non-hydrogen) atoms. The molecule has 0 unspecified atom stereocenters. The van der Waals surface area contributed by atoms with Crippen LogP contribution in [0.1, 0.15) is 27.3 Å². The van der Waals surface area contributed by atoms with Gasteiger partial charge in [-0.15, -0.1) is 11.8 Å². The van der Waals surface area contributed by atoms with Crippen LogP contribution in [0.5, 0.6) is 0 Å². The van der Waals surface area contributed by atoms with E-state index in [0.717, 1.165) is 16.3 Å². The molecule has 3 heterocycles. The van der Waals surface area contributed by atoms with Gasteiger partial charge in [0, 0.05) is 12.7 Å². The second-order valence-corrected chi connectivity index (χ2v) is 7.78. The number of thioether (sulfide) groups is 1. The van der Waals surface area contributed by atoms with E-state index in [-0.39, 0.29) is 12.5 Å².